The molecule has 0 aromatic carbocycles. The Hall–Kier alpha value is -1.70. The predicted octanol–water partition coefficient (Wildman–Crippen LogP) is 1.44. The minimum atomic E-state index is -1.12. The van der Waals surface area contributed by atoms with Gasteiger partial charge in [-0.3, -0.25) is 0 Å². The van der Waals surface area contributed by atoms with E-state index in [4.69, 9.17) is 11.5 Å². The third-order valence-electron chi connectivity index (χ3n) is 4.71. The number of carboxylic acid groups (broad SMARTS) is 1. The third-order valence-corrected chi connectivity index (χ3v) is 4.71. The van der Waals surface area contributed by atoms with E-state index >= 15 is 0 Å². The van der Waals surface area contributed by atoms with Crippen molar-refractivity contribution in [1.82, 2.24) is 10.6 Å². The number of carbonyl (C=O) groups is 2. The lowest BCUT2D eigenvalue weighted by molar-refractivity contribution is -0.139. The molecule has 0 aromatic rings. The number of amides is 2. The second-order valence-electron chi connectivity index (χ2n) is 6.15. The summed E-state index contributed by atoms with van der Waals surface area (Å²) in [6.07, 6.45) is 5.04. The van der Waals surface area contributed by atoms with Crippen molar-refractivity contribution < 1.29 is 14.7 Å². The first-order valence-electron chi connectivity index (χ1n) is 6.35. The van der Waals surface area contributed by atoms with Crippen LogP contribution in [-0.4, -0.2) is 29.7 Å². The molecule has 0 bridgehead atoms. The van der Waals surface area contributed by atoms with Crippen LogP contribution < -0.4 is 10.6 Å². The second kappa shape index (κ2) is 5.12. The van der Waals surface area contributed by atoms with Gasteiger partial charge in [-0.1, -0.05) is 27.7 Å². The maximum absolute atomic E-state index is 11.6. The summed E-state index contributed by atoms with van der Waals surface area (Å²) in [7, 11) is 0. The molecule has 106 valence electrons. The van der Waals surface area contributed by atoms with E-state index in [0.717, 1.165) is 0 Å². The van der Waals surface area contributed by atoms with E-state index in [9.17, 15) is 9.59 Å². The van der Waals surface area contributed by atoms with Gasteiger partial charge in [0, 0.05) is 13.0 Å². The summed E-state index contributed by atoms with van der Waals surface area (Å²) < 4.78 is 0. The zero-order valence-electron chi connectivity index (χ0n) is 11.9. The largest absolute Gasteiger partial charge is 0.480 e. The molecule has 0 heterocycles. The van der Waals surface area contributed by atoms with Crippen LogP contribution >= 0.6 is 0 Å². The Bertz CT molecular complexity index is 407. The first-order valence-corrected chi connectivity index (χ1v) is 6.35. The van der Waals surface area contributed by atoms with E-state index in [1.54, 1.807) is 0 Å². The van der Waals surface area contributed by atoms with E-state index < -0.39 is 18.0 Å². The molecule has 0 aromatic heterocycles. The summed E-state index contributed by atoms with van der Waals surface area (Å²) in [6, 6.07) is -1.52. The van der Waals surface area contributed by atoms with Crippen LogP contribution in [0.5, 0.6) is 0 Å². The summed E-state index contributed by atoms with van der Waals surface area (Å²) in [5.41, 5.74) is 0.372. The second-order valence-corrected chi connectivity index (χ2v) is 6.15. The van der Waals surface area contributed by atoms with Crippen LogP contribution in [-0.2, 0) is 4.79 Å². The van der Waals surface area contributed by atoms with Crippen molar-refractivity contribution in [2.45, 2.75) is 40.2 Å². The van der Waals surface area contributed by atoms with E-state index in [1.807, 2.05) is 0 Å². The molecule has 2 amide bonds. The lowest BCUT2D eigenvalue weighted by Crippen LogP contribution is -2.46. The van der Waals surface area contributed by atoms with Crippen molar-refractivity contribution in [3.8, 4) is 12.3 Å². The number of rotatable bonds is 5. The lowest BCUT2D eigenvalue weighted by Gasteiger charge is -2.13. The summed E-state index contributed by atoms with van der Waals surface area (Å²) in [4.78, 5) is 22.5. The quantitative estimate of drug-likeness (QED) is 0.659. The number of nitrogens with one attached hydrogen (secondary N) is 2. The van der Waals surface area contributed by atoms with E-state index in [1.165, 1.54) is 0 Å². The zero-order chi connectivity index (χ0) is 14.8. The summed E-state index contributed by atoms with van der Waals surface area (Å²) in [5.74, 6) is 1.50. The van der Waals surface area contributed by atoms with Gasteiger partial charge in [0.05, 0.1) is 0 Å². The molecule has 1 fully saturated rings. The average molecular weight is 266 g/mol. The molecule has 1 aliphatic carbocycles. The predicted molar refractivity (Wildman–Crippen MR) is 72.5 cm³/mol. The van der Waals surface area contributed by atoms with Gasteiger partial charge in [0.2, 0.25) is 0 Å². The molecule has 1 aliphatic rings. The molecule has 0 radical (unpaired) electrons. The van der Waals surface area contributed by atoms with Gasteiger partial charge in [0.25, 0.3) is 0 Å². The molecule has 5 heteroatoms. The zero-order valence-corrected chi connectivity index (χ0v) is 11.9. The molecule has 0 saturated heterocycles. The normalized spacial score (nSPS) is 21.0. The molecule has 1 rings (SSSR count). The molecular formula is C14H22N2O3. The molecule has 1 saturated carbocycles. The van der Waals surface area contributed by atoms with Crippen LogP contribution in [0.25, 0.3) is 0 Å². The summed E-state index contributed by atoms with van der Waals surface area (Å²) >= 11 is 0. The van der Waals surface area contributed by atoms with Crippen LogP contribution in [0.15, 0.2) is 0 Å². The topological polar surface area (TPSA) is 78.4 Å². The highest BCUT2D eigenvalue weighted by Gasteiger charge is 2.64. The number of terminal acetylenes is 1. The summed E-state index contributed by atoms with van der Waals surface area (Å²) in [6.45, 7) is 9.19. The highest BCUT2D eigenvalue weighted by atomic mass is 16.4. The monoisotopic (exact) mass is 266 g/mol. The van der Waals surface area contributed by atoms with E-state index in [-0.39, 0.29) is 17.3 Å². The van der Waals surface area contributed by atoms with Crippen LogP contribution in [0.3, 0.4) is 0 Å². The van der Waals surface area contributed by atoms with Crippen molar-refractivity contribution in [1.29, 1.82) is 0 Å². The molecule has 19 heavy (non-hydrogen) atoms. The number of hydrogen-bond acceptors (Lipinski definition) is 2. The van der Waals surface area contributed by atoms with Crippen LogP contribution in [0.1, 0.15) is 34.1 Å². The first-order chi connectivity index (χ1) is 8.64. The Morgan fingerprint density at radius 3 is 2.21 bits per heavy atom. The SMILES string of the molecule is C#CCC(NC(=O)NCC1C(C)(C)C1(C)C)C(=O)O. The van der Waals surface area contributed by atoms with Gasteiger partial charge in [-0.05, 0) is 16.7 Å². The van der Waals surface area contributed by atoms with Gasteiger partial charge >= 0.3 is 12.0 Å². The maximum atomic E-state index is 11.6. The van der Waals surface area contributed by atoms with Crippen molar-refractivity contribution in [3.63, 3.8) is 0 Å². The molecule has 0 spiro atoms. The van der Waals surface area contributed by atoms with Crippen molar-refractivity contribution in [3.05, 3.63) is 0 Å². The minimum absolute atomic E-state index is 0.0246. The van der Waals surface area contributed by atoms with Gasteiger partial charge in [-0.2, -0.15) is 0 Å². The maximum Gasteiger partial charge on any atom is 0.327 e. The standard InChI is InChI=1S/C14H22N2O3/c1-6-7-9(11(17)18)16-12(19)15-8-10-13(2,3)14(10,4)5/h1,9-10H,7-8H2,2-5H3,(H,17,18)(H2,15,16,19). The van der Waals surface area contributed by atoms with Gasteiger partial charge in [0.1, 0.15) is 6.04 Å². The van der Waals surface area contributed by atoms with Crippen molar-refractivity contribution in [2.75, 3.05) is 6.54 Å². The fraction of sp³-hybridized carbons (Fsp3) is 0.714. The van der Waals surface area contributed by atoms with Gasteiger partial charge in [-0.15, -0.1) is 12.3 Å². The number of aliphatic carboxylic acids is 1. The molecule has 1 atom stereocenters. The number of urea groups is 1. The number of carboxylic acids is 1. The van der Waals surface area contributed by atoms with Crippen LogP contribution in [0.2, 0.25) is 0 Å². The molecule has 5 nitrogen and oxygen atoms in total. The van der Waals surface area contributed by atoms with Gasteiger partial charge < -0.3 is 15.7 Å². The highest BCUT2D eigenvalue weighted by Crippen LogP contribution is 2.67. The Balaban J connectivity index is 2.41. The van der Waals surface area contributed by atoms with Crippen molar-refractivity contribution in [2.24, 2.45) is 16.7 Å². The Morgan fingerprint density at radius 1 is 1.32 bits per heavy atom. The summed E-state index contributed by atoms with van der Waals surface area (Å²) in [5, 5.41) is 14.0. The fourth-order valence-electron chi connectivity index (χ4n) is 2.57. The molecule has 0 aliphatic heterocycles. The lowest BCUT2D eigenvalue weighted by atomic mass is 10.0. The highest BCUT2D eigenvalue weighted by molar-refractivity contribution is 5.82. The average Bonchev–Trinajstić information content (AvgIpc) is 2.66. The van der Waals surface area contributed by atoms with Crippen LogP contribution in [0.4, 0.5) is 4.79 Å². The number of carbonyl (C=O) groups excluding carboxylic acids is 1. The fourth-order valence-corrected chi connectivity index (χ4v) is 2.57. The van der Waals surface area contributed by atoms with Gasteiger partial charge in [0.15, 0.2) is 0 Å². The molecular weight excluding hydrogens is 244 g/mol. The Kier molecular flexibility index (Phi) is 4.14. The minimum Gasteiger partial charge on any atom is -0.480 e. The van der Waals surface area contributed by atoms with E-state index in [0.29, 0.717) is 12.5 Å². The number of hydrogen-bond donors (Lipinski definition) is 3. The Morgan fingerprint density at radius 2 is 1.84 bits per heavy atom. The first kappa shape index (κ1) is 15.4. The Labute approximate surface area is 114 Å². The van der Waals surface area contributed by atoms with Crippen molar-refractivity contribution >= 4 is 12.0 Å². The van der Waals surface area contributed by atoms with Crippen LogP contribution in [0, 0.1) is 29.1 Å². The molecule has 3 N–H and O–H groups in total. The third kappa shape index (κ3) is 3.01. The molecule has 1 unspecified atom stereocenters. The smallest absolute Gasteiger partial charge is 0.327 e. The van der Waals surface area contributed by atoms with Gasteiger partial charge in [-0.25, -0.2) is 9.59 Å². The van der Waals surface area contributed by atoms with E-state index in [2.05, 4.69) is 44.2 Å².